The second-order valence-corrected chi connectivity index (χ2v) is 3.10. The quantitative estimate of drug-likeness (QED) is 0.798. The summed E-state index contributed by atoms with van der Waals surface area (Å²) in [7, 11) is 1.65. The molecule has 0 saturated heterocycles. The number of H-pyrrole nitrogens is 1. The van der Waals surface area contributed by atoms with Crippen molar-refractivity contribution < 1.29 is 4.74 Å². The molecule has 0 fully saturated rings. The molecule has 1 radical (unpaired) electrons. The maximum absolute atomic E-state index is 5.12. The fourth-order valence-corrected chi connectivity index (χ4v) is 1.30. The second kappa shape index (κ2) is 4.54. The van der Waals surface area contributed by atoms with Gasteiger partial charge in [-0.05, 0) is 40.6 Å². The van der Waals surface area contributed by atoms with E-state index < -0.39 is 0 Å². The zero-order valence-corrected chi connectivity index (χ0v) is 8.40. The van der Waals surface area contributed by atoms with Gasteiger partial charge in [0.05, 0.1) is 7.11 Å². The molecule has 15 heavy (non-hydrogen) atoms. The van der Waals surface area contributed by atoms with E-state index in [1.54, 1.807) is 7.11 Å². The lowest BCUT2D eigenvalue weighted by atomic mass is 10.1. The number of nitrogens with zero attached hydrogens (tertiary/aromatic N) is 3. The number of aromatic amines is 1. The first kappa shape index (κ1) is 9.64. The van der Waals surface area contributed by atoms with E-state index in [1.165, 1.54) is 0 Å². The molecule has 0 aliphatic rings. The van der Waals surface area contributed by atoms with Crippen molar-refractivity contribution in [3.05, 3.63) is 35.7 Å². The van der Waals surface area contributed by atoms with Crippen molar-refractivity contribution >= 4 is 0 Å². The van der Waals surface area contributed by atoms with Crippen LogP contribution in [-0.4, -0.2) is 27.7 Å². The molecular weight excluding hydrogens is 192 g/mol. The Morgan fingerprint density at radius 1 is 1.47 bits per heavy atom. The van der Waals surface area contributed by atoms with Crippen LogP contribution >= 0.6 is 0 Å². The van der Waals surface area contributed by atoms with Crippen LogP contribution in [0.1, 0.15) is 11.4 Å². The number of hydrogen-bond donors (Lipinski definition) is 1. The number of tetrazole rings is 1. The molecule has 1 heterocycles. The maximum atomic E-state index is 5.12. The van der Waals surface area contributed by atoms with Crippen molar-refractivity contribution in [1.82, 2.24) is 20.6 Å². The minimum absolute atomic E-state index is 0.774. The third-order valence-electron chi connectivity index (χ3n) is 2.09. The third-order valence-corrected chi connectivity index (χ3v) is 2.09. The summed E-state index contributed by atoms with van der Waals surface area (Å²) >= 11 is 0. The fourth-order valence-electron chi connectivity index (χ4n) is 1.30. The molecule has 0 spiro atoms. The largest absolute Gasteiger partial charge is 0.497 e. The molecule has 1 N–H and O–H groups in total. The van der Waals surface area contributed by atoms with Gasteiger partial charge in [-0.25, -0.2) is 5.10 Å². The van der Waals surface area contributed by atoms with E-state index >= 15 is 0 Å². The van der Waals surface area contributed by atoms with Crippen LogP contribution in [0.25, 0.3) is 0 Å². The zero-order chi connectivity index (χ0) is 10.5. The third kappa shape index (κ3) is 2.52. The number of aryl methyl sites for hydroxylation is 2. The monoisotopic (exact) mass is 203 g/mol. The highest BCUT2D eigenvalue weighted by molar-refractivity contribution is 5.27. The molecule has 0 aliphatic carbocycles. The normalized spacial score (nSPS) is 10.2. The van der Waals surface area contributed by atoms with Gasteiger partial charge < -0.3 is 4.74 Å². The number of rotatable bonds is 4. The highest BCUT2D eigenvalue weighted by Crippen LogP contribution is 2.13. The highest BCUT2D eigenvalue weighted by Gasteiger charge is 2.00. The molecule has 0 unspecified atom stereocenters. The van der Waals surface area contributed by atoms with Gasteiger partial charge in [0.1, 0.15) is 11.6 Å². The SMILES string of the molecule is COc1cc[c]c(CCc2nnn[nH]2)c1. The van der Waals surface area contributed by atoms with Gasteiger partial charge in [-0.3, -0.25) is 0 Å². The summed E-state index contributed by atoms with van der Waals surface area (Å²) in [6, 6.07) is 8.83. The minimum atomic E-state index is 0.774. The summed E-state index contributed by atoms with van der Waals surface area (Å²) in [6.45, 7) is 0. The molecule has 5 nitrogen and oxygen atoms in total. The molecule has 0 atom stereocenters. The molecule has 0 bridgehead atoms. The van der Waals surface area contributed by atoms with Crippen molar-refractivity contribution in [2.24, 2.45) is 0 Å². The van der Waals surface area contributed by atoms with Crippen LogP contribution in [-0.2, 0) is 12.8 Å². The Kier molecular flexibility index (Phi) is 2.92. The van der Waals surface area contributed by atoms with Crippen LogP contribution in [0.3, 0.4) is 0 Å². The van der Waals surface area contributed by atoms with Gasteiger partial charge in [0, 0.05) is 6.42 Å². The predicted molar refractivity (Wildman–Crippen MR) is 53.4 cm³/mol. The Bertz CT molecular complexity index is 413. The predicted octanol–water partition coefficient (Wildman–Crippen LogP) is 0.794. The molecule has 2 rings (SSSR count). The molecule has 77 valence electrons. The van der Waals surface area contributed by atoms with Crippen molar-refractivity contribution in [3.8, 4) is 5.75 Å². The molecule has 1 aromatic heterocycles. The van der Waals surface area contributed by atoms with Crippen LogP contribution in [0.15, 0.2) is 18.2 Å². The van der Waals surface area contributed by atoms with E-state index in [4.69, 9.17) is 4.74 Å². The summed E-state index contributed by atoms with van der Waals surface area (Å²) in [6.07, 6.45) is 1.62. The Morgan fingerprint density at radius 2 is 2.40 bits per heavy atom. The molecule has 0 aliphatic heterocycles. The van der Waals surface area contributed by atoms with E-state index in [9.17, 15) is 0 Å². The Hall–Kier alpha value is -1.91. The summed E-state index contributed by atoms with van der Waals surface area (Å²) in [5.41, 5.74) is 1.09. The standard InChI is InChI=1S/C10H11N4O/c1-15-9-4-2-3-8(7-9)5-6-10-11-13-14-12-10/h2,4,7H,5-6H2,1H3,(H,11,12,13,14). The average molecular weight is 203 g/mol. The minimum Gasteiger partial charge on any atom is -0.497 e. The van der Waals surface area contributed by atoms with Gasteiger partial charge in [0.2, 0.25) is 0 Å². The first-order valence-corrected chi connectivity index (χ1v) is 4.65. The smallest absolute Gasteiger partial charge is 0.148 e. The van der Waals surface area contributed by atoms with E-state index in [-0.39, 0.29) is 0 Å². The van der Waals surface area contributed by atoms with Crippen molar-refractivity contribution in [3.63, 3.8) is 0 Å². The van der Waals surface area contributed by atoms with E-state index in [1.807, 2.05) is 18.2 Å². The van der Waals surface area contributed by atoms with Crippen molar-refractivity contribution in [2.45, 2.75) is 12.8 Å². The van der Waals surface area contributed by atoms with Crippen molar-refractivity contribution in [1.29, 1.82) is 0 Å². The Labute approximate surface area is 87.5 Å². The van der Waals surface area contributed by atoms with Crippen LogP contribution in [0.4, 0.5) is 0 Å². The fraction of sp³-hybridized carbons (Fsp3) is 0.300. The molecule has 1 aromatic carbocycles. The number of benzene rings is 1. The molecule has 2 aromatic rings. The summed E-state index contributed by atoms with van der Waals surface area (Å²) < 4.78 is 5.12. The Balaban J connectivity index is 1.98. The molecule has 5 heteroatoms. The summed E-state index contributed by atoms with van der Waals surface area (Å²) in [4.78, 5) is 0. The van der Waals surface area contributed by atoms with E-state index in [2.05, 4.69) is 26.7 Å². The number of ether oxygens (including phenoxy) is 1. The van der Waals surface area contributed by atoms with Gasteiger partial charge in [-0.15, -0.1) is 5.10 Å². The van der Waals surface area contributed by atoms with Crippen LogP contribution < -0.4 is 4.74 Å². The topological polar surface area (TPSA) is 63.7 Å². The van der Waals surface area contributed by atoms with Gasteiger partial charge in [-0.1, -0.05) is 6.07 Å². The molecule has 0 amide bonds. The van der Waals surface area contributed by atoms with Gasteiger partial charge in [0.25, 0.3) is 0 Å². The average Bonchev–Trinajstić information content (AvgIpc) is 2.79. The maximum Gasteiger partial charge on any atom is 0.148 e. The first-order valence-electron chi connectivity index (χ1n) is 4.65. The van der Waals surface area contributed by atoms with Crippen LogP contribution in [0, 0.1) is 6.07 Å². The van der Waals surface area contributed by atoms with Crippen LogP contribution in [0.5, 0.6) is 5.75 Å². The highest BCUT2D eigenvalue weighted by atomic mass is 16.5. The lowest BCUT2D eigenvalue weighted by Crippen LogP contribution is -1.94. The van der Waals surface area contributed by atoms with Gasteiger partial charge in [0.15, 0.2) is 0 Å². The number of hydrogen-bond acceptors (Lipinski definition) is 4. The van der Waals surface area contributed by atoms with E-state index in [0.29, 0.717) is 0 Å². The second-order valence-electron chi connectivity index (χ2n) is 3.10. The lowest BCUT2D eigenvalue weighted by Gasteiger charge is -2.02. The summed E-state index contributed by atoms with van der Waals surface area (Å²) in [5.74, 6) is 1.63. The Morgan fingerprint density at radius 3 is 3.13 bits per heavy atom. The van der Waals surface area contributed by atoms with Crippen molar-refractivity contribution in [2.75, 3.05) is 7.11 Å². The van der Waals surface area contributed by atoms with Gasteiger partial charge >= 0.3 is 0 Å². The lowest BCUT2D eigenvalue weighted by molar-refractivity contribution is 0.414. The van der Waals surface area contributed by atoms with E-state index in [0.717, 1.165) is 30.0 Å². The zero-order valence-electron chi connectivity index (χ0n) is 8.40. The summed E-state index contributed by atoms with van der Waals surface area (Å²) in [5, 5.41) is 13.6. The van der Waals surface area contributed by atoms with Gasteiger partial charge in [-0.2, -0.15) is 0 Å². The first-order chi connectivity index (χ1) is 7.38. The molecule has 0 saturated carbocycles. The van der Waals surface area contributed by atoms with Crippen LogP contribution in [0.2, 0.25) is 0 Å². The molecular formula is C10H11N4O. The number of nitrogens with one attached hydrogen (secondary N) is 1. The number of methoxy groups -OCH3 is 1. The number of aromatic nitrogens is 4.